The van der Waals surface area contributed by atoms with Gasteiger partial charge in [-0.15, -0.1) is 0 Å². The Balaban J connectivity index is 1.71. The van der Waals surface area contributed by atoms with Gasteiger partial charge in [0.2, 0.25) is 0 Å². The summed E-state index contributed by atoms with van der Waals surface area (Å²) in [7, 11) is -5.69. The number of hydrogen-bond acceptors (Lipinski definition) is 23. The molecule has 570 valence electrons. The Morgan fingerprint density at radius 1 is 0.392 bits per heavy atom. The van der Waals surface area contributed by atoms with Crippen molar-refractivity contribution >= 4 is 25.7 Å². The zero-order chi connectivity index (χ0) is 71.1. The van der Waals surface area contributed by atoms with Crippen LogP contribution in [-0.2, 0) is 61.2 Å². The predicted octanol–water partition coefficient (Wildman–Crippen LogP) is 10.4. The SMILES string of the molecule is CCCCCCCCC/C=C\CCCCCC(=O)OCC(COP(=O)(O)OC1C(OC2OC(CO)C(O)C(O)C2O)C(O)C(O)C(O)C1OC1OC(COC(=O)CCCCCCCCCCCCCCCCCCC)C(O)C(O)C1O)OC(=O)CCCCCCCCCCCCC. The van der Waals surface area contributed by atoms with Crippen molar-refractivity contribution in [1.82, 2.24) is 0 Å². The van der Waals surface area contributed by atoms with Gasteiger partial charge in [-0.2, -0.15) is 0 Å². The van der Waals surface area contributed by atoms with Gasteiger partial charge in [0.25, 0.3) is 0 Å². The molecule has 2 saturated heterocycles. The lowest BCUT2D eigenvalue weighted by Crippen LogP contribution is -2.69. The number of hydrogen-bond donors (Lipinski definition) is 11. The molecule has 3 fully saturated rings. The van der Waals surface area contributed by atoms with Crippen LogP contribution in [0.3, 0.4) is 0 Å². The second kappa shape index (κ2) is 54.4. The molecule has 18 atom stereocenters. The molecule has 0 aromatic carbocycles. The van der Waals surface area contributed by atoms with Crippen LogP contribution in [0.1, 0.15) is 297 Å². The smallest absolute Gasteiger partial charge is 0.463 e. The maximum Gasteiger partial charge on any atom is 0.472 e. The van der Waals surface area contributed by atoms with Crippen LogP contribution in [0.15, 0.2) is 12.2 Å². The van der Waals surface area contributed by atoms with Crippen LogP contribution in [-0.4, -0.2) is 204 Å². The second-order valence-electron chi connectivity index (χ2n) is 27.4. The zero-order valence-electron chi connectivity index (χ0n) is 59.4. The summed E-state index contributed by atoms with van der Waals surface area (Å²) in [5.41, 5.74) is 0. The van der Waals surface area contributed by atoms with Gasteiger partial charge in [-0.05, 0) is 44.9 Å². The van der Waals surface area contributed by atoms with E-state index in [1.54, 1.807) is 0 Å². The molecule has 1 aliphatic carbocycles. The Labute approximate surface area is 580 Å². The van der Waals surface area contributed by atoms with Gasteiger partial charge < -0.3 is 89.1 Å². The van der Waals surface area contributed by atoms with Gasteiger partial charge in [0, 0.05) is 19.3 Å². The topological polar surface area (TPSA) is 374 Å². The average molecular weight is 1410 g/mol. The van der Waals surface area contributed by atoms with Gasteiger partial charge in [0.15, 0.2) is 18.7 Å². The number of phosphoric acid groups is 1. The van der Waals surface area contributed by atoms with E-state index in [0.717, 1.165) is 96.3 Å². The number of allylic oxidation sites excluding steroid dienone is 2. The highest BCUT2D eigenvalue weighted by Gasteiger charge is 2.58. The third-order valence-electron chi connectivity index (χ3n) is 18.8. The lowest BCUT2D eigenvalue weighted by molar-refractivity contribution is -0.360. The summed E-state index contributed by atoms with van der Waals surface area (Å²) in [5.74, 6) is -2.00. The molecule has 3 rings (SSSR count). The molecule has 0 spiro atoms. The first-order valence-corrected chi connectivity index (χ1v) is 39.5. The van der Waals surface area contributed by atoms with Gasteiger partial charge >= 0.3 is 25.7 Å². The van der Waals surface area contributed by atoms with Crippen LogP contribution in [0.4, 0.5) is 0 Å². The van der Waals surface area contributed by atoms with E-state index in [0.29, 0.717) is 19.3 Å². The van der Waals surface area contributed by atoms with Crippen LogP contribution in [0.2, 0.25) is 0 Å². The molecule has 11 N–H and O–H groups in total. The van der Waals surface area contributed by atoms with Crippen LogP contribution < -0.4 is 0 Å². The molecule has 1 saturated carbocycles. The molecule has 0 bridgehead atoms. The van der Waals surface area contributed by atoms with Crippen molar-refractivity contribution in [3.63, 3.8) is 0 Å². The number of rotatable bonds is 59. The first-order chi connectivity index (χ1) is 46.8. The van der Waals surface area contributed by atoms with E-state index in [9.17, 15) is 74.9 Å². The Hall–Kier alpha value is -2.30. The first-order valence-electron chi connectivity index (χ1n) is 38.0. The number of aliphatic hydroxyl groups is 10. The Kier molecular flexibility index (Phi) is 49.8. The molecular formula is C72H133O24P. The highest BCUT2D eigenvalue weighted by molar-refractivity contribution is 7.47. The lowest BCUT2D eigenvalue weighted by Gasteiger charge is -2.49. The van der Waals surface area contributed by atoms with E-state index in [1.807, 2.05) is 0 Å². The molecule has 0 amide bonds. The molecule has 97 heavy (non-hydrogen) atoms. The highest BCUT2D eigenvalue weighted by Crippen LogP contribution is 2.49. The maximum absolute atomic E-state index is 14.3. The summed E-state index contributed by atoms with van der Waals surface area (Å²) in [5, 5.41) is 110. The number of carbonyl (C=O) groups is 3. The summed E-state index contributed by atoms with van der Waals surface area (Å²) in [4.78, 5) is 50.9. The van der Waals surface area contributed by atoms with E-state index in [1.165, 1.54) is 141 Å². The van der Waals surface area contributed by atoms with Gasteiger partial charge in [-0.1, -0.05) is 245 Å². The van der Waals surface area contributed by atoms with Crippen molar-refractivity contribution in [3.8, 4) is 0 Å². The number of phosphoric ester groups is 1. The summed E-state index contributed by atoms with van der Waals surface area (Å²) < 4.78 is 65.0. The average Bonchev–Trinajstić information content (AvgIpc) is 0.763. The number of unbranched alkanes of at least 4 members (excludes halogenated alkanes) is 36. The van der Waals surface area contributed by atoms with E-state index < -0.39 is 156 Å². The Morgan fingerprint density at radius 3 is 1.12 bits per heavy atom. The third kappa shape index (κ3) is 37.6. The van der Waals surface area contributed by atoms with Crippen LogP contribution >= 0.6 is 7.82 Å². The maximum atomic E-state index is 14.3. The largest absolute Gasteiger partial charge is 0.472 e. The number of aliphatic hydroxyl groups excluding tert-OH is 10. The standard InChI is InChI=1S/C72H133O24P/c1-4-7-10-13-16-19-22-24-26-27-28-30-33-35-38-41-44-47-57(75)89-52-55-60(78)62(80)67(85)72(93-55)95-69-65(83)63(81)64(82)68(94-71-66(84)61(79)59(77)54(49-73)92-71)70(69)96-97(86,87)90-51-53(91-58(76)48-45-42-39-36-31-21-18-15-12-9-6-3)50-88-56(74)46-43-40-37-34-32-29-25-23-20-17-14-11-8-5-2/h29,32,53-55,59-73,77-85H,4-28,30-31,33-52H2,1-3H3,(H,86,87)/b32-29-. The van der Waals surface area contributed by atoms with Crippen LogP contribution in [0.5, 0.6) is 0 Å². The highest BCUT2D eigenvalue weighted by atomic mass is 31.2. The zero-order valence-corrected chi connectivity index (χ0v) is 60.3. The fourth-order valence-corrected chi connectivity index (χ4v) is 13.5. The van der Waals surface area contributed by atoms with Gasteiger partial charge in [0.1, 0.15) is 98.7 Å². The predicted molar refractivity (Wildman–Crippen MR) is 365 cm³/mol. The Morgan fingerprint density at radius 2 is 0.722 bits per heavy atom. The van der Waals surface area contributed by atoms with Crippen molar-refractivity contribution < 1.29 is 117 Å². The third-order valence-corrected chi connectivity index (χ3v) is 19.8. The van der Waals surface area contributed by atoms with E-state index in [2.05, 4.69) is 32.9 Å². The fraction of sp³-hybridized carbons (Fsp3) is 0.931. The van der Waals surface area contributed by atoms with Gasteiger partial charge in [-0.3, -0.25) is 23.4 Å². The van der Waals surface area contributed by atoms with E-state index in [4.69, 9.17) is 42.2 Å². The second-order valence-corrected chi connectivity index (χ2v) is 28.8. The van der Waals surface area contributed by atoms with Gasteiger partial charge in [-0.25, -0.2) is 4.57 Å². The molecule has 0 aromatic heterocycles. The normalized spacial score (nSPS) is 27.8. The van der Waals surface area contributed by atoms with E-state index in [-0.39, 0.29) is 19.3 Å². The lowest BCUT2D eigenvalue weighted by atomic mass is 9.84. The first kappa shape index (κ1) is 88.9. The van der Waals surface area contributed by atoms with Crippen molar-refractivity contribution in [2.75, 3.05) is 26.4 Å². The minimum atomic E-state index is -5.69. The summed E-state index contributed by atoms with van der Waals surface area (Å²) in [6.45, 7) is 3.43. The molecule has 25 heteroatoms. The quantitative estimate of drug-likeness (QED) is 0.00886. The molecular weight excluding hydrogens is 1280 g/mol. The molecule has 0 aromatic rings. The van der Waals surface area contributed by atoms with Crippen LogP contribution in [0, 0.1) is 0 Å². The number of ether oxygens (including phenoxy) is 7. The molecule has 18 unspecified atom stereocenters. The minimum Gasteiger partial charge on any atom is -0.463 e. The van der Waals surface area contributed by atoms with Crippen LogP contribution in [0.25, 0.3) is 0 Å². The van der Waals surface area contributed by atoms with Gasteiger partial charge in [0.05, 0.1) is 13.2 Å². The number of esters is 3. The Bertz CT molecular complexity index is 2060. The summed E-state index contributed by atoms with van der Waals surface area (Å²) in [6, 6.07) is 0. The monoisotopic (exact) mass is 1410 g/mol. The minimum absolute atomic E-state index is 0.0277. The fourth-order valence-electron chi connectivity index (χ4n) is 12.6. The summed E-state index contributed by atoms with van der Waals surface area (Å²) >= 11 is 0. The number of carbonyl (C=O) groups excluding carboxylic acids is 3. The van der Waals surface area contributed by atoms with Crippen molar-refractivity contribution in [3.05, 3.63) is 12.2 Å². The molecule has 24 nitrogen and oxygen atoms in total. The molecule has 2 heterocycles. The van der Waals surface area contributed by atoms with E-state index >= 15 is 0 Å². The molecule has 3 aliphatic rings. The van der Waals surface area contributed by atoms with Crippen molar-refractivity contribution in [1.29, 1.82) is 0 Å². The molecule has 2 aliphatic heterocycles. The molecule has 0 radical (unpaired) electrons. The van der Waals surface area contributed by atoms with Crippen molar-refractivity contribution in [2.24, 2.45) is 0 Å². The summed E-state index contributed by atoms with van der Waals surface area (Å²) in [6.07, 6.45) is 12.9. The van der Waals surface area contributed by atoms with Crippen molar-refractivity contribution in [2.45, 2.75) is 401 Å².